The second kappa shape index (κ2) is 10.1. The molecule has 0 radical (unpaired) electrons. The highest BCUT2D eigenvalue weighted by Gasteiger charge is 2.28. The third kappa shape index (κ3) is 4.92. The van der Waals surface area contributed by atoms with E-state index in [4.69, 9.17) is 26.1 Å². The minimum atomic E-state index is -0.586. The lowest BCUT2D eigenvalue weighted by Gasteiger charge is -2.13. The summed E-state index contributed by atoms with van der Waals surface area (Å²) in [6.45, 7) is 0.719. The van der Waals surface area contributed by atoms with Crippen molar-refractivity contribution in [1.82, 2.24) is 10.3 Å². The average molecular weight is 495 g/mol. The van der Waals surface area contributed by atoms with Gasteiger partial charge in [0.1, 0.15) is 5.82 Å². The predicted molar refractivity (Wildman–Crippen MR) is 132 cm³/mol. The van der Waals surface area contributed by atoms with E-state index in [1.807, 2.05) is 24.3 Å². The lowest BCUT2D eigenvalue weighted by atomic mass is 10.0. The molecule has 2 aromatic carbocycles. The van der Waals surface area contributed by atoms with E-state index in [2.05, 4.69) is 5.32 Å². The van der Waals surface area contributed by atoms with Gasteiger partial charge in [0.25, 0.3) is 5.91 Å². The van der Waals surface area contributed by atoms with Crippen molar-refractivity contribution >= 4 is 46.0 Å². The van der Waals surface area contributed by atoms with Crippen molar-refractivity contribution < 1.29 is 23.5 Å². The second-order valence-corrected chi connectivity index (χ2v) is 9.06. The van der Waals surface area contributed by atoms with Crippen LogP contribution in [0.25, 0.3) is 22.6 Å². The molecule has 2 aliphatic rings. The molecule has 1 saturated heterocycles. The number of fused-ring (bicyclic) bond motifs is 2. The molecule has 1 fully saturated rings. The number of allylic oxidation sites excluding steroid dienone is 1. The SMILES string of the molecule is O=C(COC(=O)c1c2c(nc3ccccc13)C(=Cc1c(F)cccc1Cl)CC2)NCC1CCCO1. The molecule has 35 heavy (non-hydrogen) atoms. The van der Waals surface area contributed by atoms with Crippen LogP contribution in [0.5, 0.6) is 0 Å². The smallest absolute Gasteiger partial charge is 0.339 e. The number of halogens is 2. The van der Waals surface area contributed by atoms with Gasteiger partial charge in [0.15, 0.2) is 6.61 Å². The molecular weight excluding hydrogens is 471 g/mol. The Morgan fingerprint density at radius 3 is 2.86 bits per heavy atom. The van der Waals surface area contributed by atoms with Crippen molar-refractivity contribution in [3.8, 4) is 0 Å². The van der Waals surface area contributed by atoms with Crippen LogP contribution in [0.1, 0.15) is 46.4 Å². The first-order valence-electron chi connectivity index (χ1n) is 11.6. The van der Waals surface area contributed by atoms with Gasteiger partial charge in [0.2, 0.25) is 0 Å². The molecule has 180 valence electrons. The van der Waals surface area contributed by atoms with Gasteiger partial charge in [-0.25, -0.2) is 14.2 Å². The zero-order valence-corrected chi connectivity index (χ0v) is 19.7. The molecule has 0 saturated carbocycles. The van der Waals surface area contributed by atoms with E-state index in [1.165, 1.54) is 6.07 Å². The minimum absolute atomic E-state index is 0.00947. The van der Waals surface area contributed by atoms with Gasteiger partial charge in [0.05, 0.1) is 27.9 Å². The summed E-state index contributed by atoms with van der Waals surface area (Å²) in [6.07, 6.45) is 4.71. The van der Waals surface area contributed by atoms with Crippen LogP contribution in [-0.4, -0.2) is 42.7 Å². The van der Waals surface area contributed by atoms with Crippen LogP contribution in [0.2, 0.25) is 5.02 Å². The Bertz CT molecular complexity index is 1310. The number of nitrogens with one attached hydrogen (secondary N) is 1. The Morgan fingerprint density at radius 2 is 2.06 bits per heavy atom. The largest absolute Gasteiger partial charge is 0.452 e. The molecule has 1 N–H and O–H groups in total. The molecule has 5 rings (SSSR count). The van der Waals surface area contributed by atoms with Crippen molar-refractivity contribution in [2.45, 2.75) is 31.8 Å². The highest BCUT2D eigenvalue weighted by Crippen LogP contribution is 2.38. The van der Waals surface area contributed by atoms with E-state index in [1.54, 1.807) is 18.2 Å². The van der Waals surface area contributed by atoms with Crippen molar-refractivity contribution in [2.24, 2.45) is 0 Å². The number of nitrogens with zero attached hydrogens (tertiary/aromatic N) is 1. The van der Waals surface area contributed by atoms with Crippen LogP contribution in [-0.2, 0) is 20.7 Å². The fourth-order valence-electron chi connectivity index (χ4n) is 4.62. The lowest BCUT2D eigenvalue weighted by molar-refractivity contribution is -0.124. The van der Waals surface area contributed by atoms with Crippen molar-refractivity contribution in [2.75, 3.05) is 19.8 Å². The first kappa shape index (κ1) is 23.5. The maximum atomic E-state index is 14.4. The monoisotopic (exact) mass is 494 g/mol. The van der Waals surface area contributed by atoms with Gasteiger partial charge in [-0.3, -0.25) is 4.79 Å². The number of amides is 1. The second-order valence-electron chi connectivity index (χ2n) is 8.65. The summed E-state index contributed by atoms with van der Waals surface area (Å²) in [4.78, 5) is 30.2. The van der Waals surface area contributed by atoms with Crippen LogP contribution in [0, 0.1) is 5.82 Å². The molecule has 0 bridgehead atoms. The molecule has 2 heterocycles. The molecule has 3 aromatic rings. The maximum absolute atomic E-state index is 14.4. The first-order chi connectivity index (χ1) is 17.0. The van der Waals surface area contributed by atoms with Crippen LogP contribution in [0.4, 0.5) is 4.39 Å². The fraction of sp³-hybridized carbons (Fsp3) is 0.296. The normalized spacial score (nSPS) is 18.1. The summed E-state index contributed by atoms with van der Waals surface area (Å²) in [5, 5.41) is 3.71. The molecule has 6 nitrogen and oxygen atoms in total. The van der Waals surface area contributed by atoms with Crippen molar-refractivity contribution in [1.29, 1.82) is 0 Å². The topological polar surface area (TPSA) is 77.5 Å². The number of para-hydroxylation sites is 1. The number of esters is 1. The molecule has 8 heteroatoms. The maximum Gasteiger partial charge on any atom is 0.339 e. The summed E-state index contributed by atoms with van der Waals surface area (Å²) >= 11 is 6.23. The van der Waals surface area contributed by atoms with E-state index < -0.39 is 11.8 Å². The molecule has 1 aliphatic carbocycles. The van der Waals surface area contributed by atoms with E-state index in [-0.39, 0.29) is 18.6 Å². The number of carbonyl (C=O) groups excluding carboxylic acids is 2. The molecule has 1 amide bonds. The molecule has 1 unspecified atom stereocenters. The molecular formula is C27H24ClFN2O4. The summed E-state index contributed by atoms with van der Waals surface area (Å²) < 4.78 is 25.3. The molecule has 0 spiro atoms. The third-order valence-electron chi connectivity index (χ3n) is 6.35. The number of benzene rings is 2. The van der Waals surface area contributed by atoms with Crippen LogP contribution < -0.4 is 5.32 Å². The predicted octanol–water partition coefficient (Wildman–Crippen LogP) is 4.97. The third-order valence-corrected chi connectivity index (χ3v) is 6.68. The zero-order valence-electron chi connectivity index (χ0n) is 19.0. The van der Waals surface area contributed by atoms with Crippen molar-refractivity contribution in [3.05, 3.63) is 75.7 Å². The zero-order chi connectivity index (χ0) is 24.4. The van der Waals surface area contributed by atoms with Gasteiger partial charge in [-0.1, -0.05) is 35.9 Å². The Morgan fingerprint density at radius 1 is 1.20 bits per heavy atom. The number of hydrogen-bond donors (Lipinski definition) is 1. The summed E-state index contributed by atoms with van der Waals surface area (Å²) in [7, 11) is 0. The first-order valence-corrected chi connectivity index (χ1v) is 12.0. The Kier molecular flexibility index (Phi) is 6.79. The number of ether oxygens (including phenoxy) is 2. The van der Waals surface area contributed by atoms with Gasteiger partial charge >= 0.3 is 5.97 Å². The van der Waals surface area contributed by atoms with E-state index in [0.717, 1.165) is 24.0 Å². The Balaban J connectivity index is 1.42. The lowest BCUT2D eigenvalue weighted by Crippen LogP contribution is -2.34. The van der Waals surface area contributed by atoms with Crippen LogP contribution in [0.3, 0.4) is 0 Å². The summed E-state index contributed by atoms with van der Waals surface area (Å²) in [5.41, 5.74) is 3.44. The van der Waals surface area contributed by atoms with Gasteiger partial charge in [0, 0.05) is 24.1 Å². The quantitative estimate of drug-likeness (QED) is 0.490. The van der Waals surface area contributed by atoms with E-state index in [9.17, 15) is 14.0 Å². The molecule has 1 atom stereocenters. The fourth-order valence-corrected chi connectivity index (χ4v) is 4.84. The van der Waals surface area contributed by atoms with Crippen LogP contribution in [0.15, 0.2) is 42.5 Å². The Labute approximate surface area is 207 Å². The van der Waals surface area contributed by atoms with Gasteiger partial charge < -0.3 is 14.8 Å². The standard InChI is InChI=1S/C27H24ClFN2O4/c28-21-7-3-8-22(29)20(21)13-16-10-11-19-25(18-6-1-2-9-23(18)31-26(16)19)27(33)35-15-24(32)30-14-17-5-4-12-34-17/h1-3,6-9,13,17H,4-5,10-12,14-15H2,(H,30,32). The van der Waals surface area contributed by atoms with E-state index in [0.29, 0.717) is 58.7 Å². The Hall–Kier alpha value is -3.29. The van der Waals surface area contributed by atoms with Crippen molar-refractivity contribution in [3.63, 3.8) is 0 Å². The highest BCUT2D eigenvalue weighted by molar-refractivity contribution is 6.32. The molecule has 1 aromatic heterocycles. The van der Waals surface area contributed by atoms with E-state index >= 15 is 0 Å². The number of rotatable bonds is 6. The number of carbonyl (C=O) groups is 2. The number of aromatic nitrogens is 1. The van der Waals surface area contributed by atoms with Gasteiger partial charge in [-0.15, -0.1) is 0 Å². The average Bonchev–Trinajstić information content (AvgIpc) is 3.52. The van der Waals surface area contributed by atoms with Gasteiger partial charge in [-0.05, 0) is 61.1 Å². The highest BCUT2D eigenvalue weighted by atomic mass is 35.5. The molecule has 1 aliphatic heterocycles. The summed E-state index contributed by atoms with van der Waals surface area (Å²) in [5.74, 6) is -1.39. The summed E-state index contributed by atoms with van der Waals surface area (Å²) in [6, 6.07) is 11.8. The number of hydrogen-bond acceptors (Lipinski definition) is 5. The van der Waals surface area contributed by atoms with Gasteiger partial charge in [-0.2, -0.15) is 0 Å². The number of pyridine rings is 1. The minimum Gasteiger partial charge on any atom is -0.452 e. The van der Waals surface area contributed by atoms with Crippen LogP contribution >= 0.6 is 11.6 Å².